The van der Waals surface area contributed by atoms with Crippen molar-refractivity contribution in [3.63, 3.8) is 0 Å². The van der Waals surface area contributed by atoms with E-state index in [1.54, 1.807) is 12.3 Å². The average Bonchev–Trinajstić information content (AvgIpc) is 2.81. The molecule has 0 bridgehead atoms. The number of methoxy groups -OCH3 is 1. The van der Waals surface area contributed by atoms with Crippen LogP contribution in [0.25, 0.3) is 11.3 Å². The largest absolute Gasteiger partial charge is 0.494 e. The summed E-state index contributed by atoms with van der Waals surface area (Å²) in [5.74, 6) is -2.32. The number of nitrogens with one attached hydrogen (secondary N) is 1. The number of nitrogen functional groups attached to an aromatic ring is 1. The van der Waals surface area contributed by atoms with Gasteiger partial charge in [-0.3, -0.25) is 9.78 Å². The topological polar surface area (TPSA) is 119 Å². The lowest BCUT2D eigenvalue weighted by Gasteiger charge is -2.33. The minimum atomic E-state index is -0.752. The molecular formula is C23H24F2N6O2. The van der Waals surface area contributed by atoms with E-state index in [9.17, 15) is 13.6 Å². The molecule has 0 aliphatic carbocycles. The van der Waals surface area contributed by atoms with Crippen LogP contribution in [0.5, 0.6) is 5.75 Å². The summed E-state index contributed by atoms with van der Waals surface area (Å²) in [6, 6.07) is 6.58. The highest BCUT2D eigenvalue weighted by Gasteiger charge is 2.22. The molecule has 3 aromatic rings. The third-order valence-electron chi connectivity index (χ3n) is 5.50. The molecule has 4 rings (SSSR count). The summed E-state index contributed by atoms with van der Waals surface area (Å²) in [5, 5.41) is 2.79. The van der Waals surface area contributed by atoms with Crippen molar-refractivity contribution in [3.8, 4) is 17.0 Å². The van der Waals surface area contributed by atoms with E-state index < -0.39 is 17.5 Å². The van der Waals surface area contributed by atoms with Gasteiger partial charge in [0, 0.05) is 37.0 Å². The zero-order chi connectivity index (χ0) is 23.5. The van der Waals surface area contributed by atoms with E-state index in [2.05, 4.69) is 20.2 Å². The van der Waals surface area contributed by atoms with E-state index in [0.29, 0.717) is 12.2 Å². The summed E-state index contributed by atoms with van der Waals surface area (Å²) in [4.78, 5) is 23.5. The second-order valence-corrected chi connectivity index (χ2v) is 7.80. The Morgan fingerprint density at radius 2 is 2.06 bits per heavy atom. The molecule has 5 N–H and O–H groups in total. The van der Waals surface area contributed by atoms with Gasteiger partial charge in [-0.05, 0) is 37.1 Å². The van der Waals surface area contributed by atoms with Crippen LogP contribution in [0.15, 0.2) is 42.7 Å². The number of ether oxygens (including phenoxy) is 1. The van der Waals surface area contributed by atoms with Crippen LogP contribution < -0.4 is 26.4 Å². The number of benzene rings is 1. The number of amides is 1. The zero-order valence-corrected chi connectivity index (χ0v) is 18.0. The second-order valence-electron chi connectivity index (χ2n) is 7.80. The molecule has 8 nitrogen and oxygen atoms in total. The molecule has 0 saturated carbocycles. The summed E-state index contributed by atoms with van der Waals surface area (Å²) >= 11 is 0. The number of halogens is 2. The van der Waals surface area contributed by atoms with Gasteiger partial charge in [-0.1, -0.05) is 0 Å². The van der Waals surface area contributed by atoms with Crippen LogP contribution in [-0.4, -0.2) is 42.1 Å². The monoisotopic (exact) mass is 454 g/mol. The molecular weight excluding hydrogens is 430 g/mol. The second kappa shape index (κ2) is 9.37. The molecule has 0 radical (unpaired) electrons. The van der Waals surface area contributed by atoms with Crippen molar-refractivity contribution < 1.29 is 18.3 Å². The minimum Gasteiger partial charge on any atom is -0.494 e. The van der Waals surface area contributed by atoms with E-state index in [1.807, 2.05) is 0 Å². The summed E-state index contributed by atoms with van der Waals surface area (Å²) in [6.45, 7) is 1.46. The predicted molar refractivity (Wildman–Crippen MR) is 122 cm³/mol. The Hall–Kier alpha value is -3.79. The highest BCUT2D eigenvalue weighted by atomic mass is 19.1. The Morgan fingerprint density at radius 1 is 1.24 bits per heavy atom. The Kier molecular flexibility index (Phi) is 6.36. The van der Waals surface area contributed by atoms with E-state index in [1.165, 1.54) is 25.4 Å². The number of piperidine rings is 1. The van der Waals surface area contributed by atoms with Gasteiger partial charge in [-0.15, -0.1) is 0 Å². The van der Waals surface area contributed by atoms with Gasteiger partial charge < -0.3 is 26.4 Å². The van der Waals surface area contributed by atoms with Gasteiger partial charge in [0.25, 0.3) is 5.91 Å². The van der Waals surface area contributed by atoms with Crippen LogP contribution in [-0.2, 0) is 0 Å². The van der Waals surface area contributed by atoms with Crippen LogP contribution in [0, 0.1) is 11.6 Å². The first kappa shape index (κ1) is 22.4. The SMILES string of the molecule is COc1cc(F)c(-c2ccc(N)c(C(=O)Nc3cnccc3N3CCCC(N)C3)n2)cc1F. The molecule has 0 spiro atoms. The maximum Gasteiger partial charge on any atom is 0.276 e. The average molecular weight is 454 g/mol. The van der Waals surface area contributed by atoms with Gasteiger partial charge in [0.15, 0.2) is 17.3 Å². The van der Waals surface area contributed by atoms with Gasteiger partial charge in [-0.2, -0.15) is 0 Å². The van der Waals surface area contributed by atoms with Gasteiger partial charge in [0.2, 0.25) is 0 Å². The molecule has 1 atom stereocenters. The summed E-state index contributed by atoms with van der Waals surface area (Å²) in [5.41, 5.74) is 13.3. The molecule has 2 aromatic heterocycles. The van der Waals surface area contributed by atoms with E-state index in [-0.39, 0.29) is 34.4 Å². The number of hydrogen-bond acceptors (Lipinski definition) is 7. The maximum absolute atomic E-state index is 14.5. The number of hydrogen-bond donors (Lipinski definition) is 3. The van der Waals surface area contributed by atoms with Gasteiger partial charge in [0.05, 0.1) is 36.1 Å². The molecule has 3 heterocycles. The van der Waals surface area contributed by atoms with Crippen molar-refractivity contribution in [2.45, 2.75) is 18.9 Å². The number of anilines is 3. The Labute approximate surface area is 189 Å². The Bertz CT molecular complexity index is 1190. The highest BCUT2D eigenvalue weighted by molar-refractivity contribution is 6.07. The number of nitrogens with zero attached hydrogens (tertiary/aromatic N) is 3. The number of carbonyl (C=O) groups is 1. The van der Waals surface area contributed by atoms with E-state index >= 15 is 0 Å². The lowest BCUT2D eigenvalue weighted by atomic mass is 10.1. The fourth-order valence-corrected chi connectivity index (χ4v) is 3.85. The fraction of sp³-hybridized carbons (Fsp3) is 0.261. The van der Waals surface area contributed by atoms with Crippen LogP contribution in [0.3, 0.4) is 0 Å². The molecule has 10 heteroatoms. The van der Waals surface area contributed by atoms with E-state index in [4.69, 9.17) is 16.2 Å². The quantitative estimate of drug-likeness (QED) is 0.542. The number of carbonyl (C=O) groups excluding carboxylic acids is 1. The standard InChI is InChI=1S/C23H24F2N6O2/c1-33-21-10-15(24)14(9-16(21)25)18-5-4-17(27)22(29-18)23(32)30-19-11-28-7-6-20(19)31-8-2-3-13(26)12-31/h4-7,9-11,13H,2-3,8,12,26-27H2,1H3,(H,30,32). The first-order valence-electron chi connectivity index (χ1n) is 10.4. The first-order valence-corrected chi connectivity index (χ1v) is 10.4. The van der Waals surface area contributed by atoms with Crippen molar-refractivity contribution in [1.29, 1.82) is 0 Å². The van der Waals surface area contributed by atoms with Gasteiger partial charge in [-0.25, -0.2) is 13.8 Å². The number of aromatic nitrogens is 2. The maximum atomic E-state index is 14.5. The molecule has 1 amide bonds. The molecule has 1 fully saturated rings. The fourth-order valence-electron chi connectivity index (χ4n) is 3.85. The number of rotatable bonds is 5. The normalized spacial score (nSPS) is 15.9. The number of pyridine rings is 2. The van der Waals surface area contributed by atoms with Crippen molar-refractivity contribution >= 4 is 23.0 Å². The molecule has 1 aliphatic rings. The van der Waals surface area contributed by atoms with Crippen LogP contribution >= 0.6 is 0 Å². The third kappa shape index (κ3) is 4.70. The van der Waals surface area contributed by atoms with Crippen molar-refractivity contribution in [3.05, 3.63) is 60.1 Å². The molecule has 1 aliphatic heterocycles. The molecule has 1 unspecified atom stereocenters. The zero-order valence-electron chi connectivity index (χ0n) is 18.0. The van der Waals surface area contributed by atoms with Crippen molar-refractivity contribution in [2.75, 3.05) is 36.1 Å². The minimum absolute atomic E-state index is 0.0456. The lowest BCUT2D eigenvalue weighted by molar-refractivity contribution is 0.102. The number of nitrogens with two attached hydrogens (primary N) is 2. The summed E-state index contributed by atoms with van der Waals surface area (Å²) in [6.07, 6.45) is 5.06. The summed E-state index contributed by atoms with van der Waals surface area (Å²) in [7, 11) is 1.24. The van der Waals surface area contributed by atoms with E-state index in [0.717, 1.165) is 37.2 Å². The van der Waals surface area contributed by atoms with Crippen molar-refractivity contribution in [2.24, 2.45) is 5.73 Å². The van der Waals surface area contributed by atoms with Gasteiger partial charge in [0.1, 0.15) is 5.82 Å². The third-order valence-corrected chi connectivity index (χ3v) is 5.50. The summed E-state index contributed by atoms with van der Waals surface area (Å²) < 4.78 is 33.5. The van der Waals surface area contributed by atoms with Crippen LogP contribution in [0.2, 0.25) is 0 Å². The smallest absolute Gasteiger partial charge is 0.276 e. The lowest BCUT2D eigenvalue weighted by Crippen LogP contribution is -2.43. The highest BCUT2D eigenvalue weighted by Crippen LogP contribution is 2.30. The van der Waals surface area contributed by atoms with Crippen LogP contribution in [0.4, 0.5) is 25.8 Å². The molecule has 172 valence electrons. The van der Waals surface area contributed by atoms with Gasteiger partial charge >= 0.3 is 0 Å². The molecule has 1 aromatic carbocycles. The van der Waals surface area contributed by atoms with Crippen LogP contribution in [0.1, 0.15) is 23.3 Å². The predicted octanol–water partition coefficient (Wildman–Crippen LogP) is 3.19. The molecule has 33 heavy (non-hydrogen) atoms. The Morgan fingerprint density at radius 3 is 2.82 bits per heavy atom. The molecule has 1 saturated heterocycles. The first-order chi connectivity index (χ1) is 15.9. The Balaban J connectivity index is 1.64. The van der Waals surface area contributed by atoms with Crippen molar-refractivity contribution in [1.82, 2.24) is 9.97 Å².